The van der Waals surface area contributed by atoms with E-state index in [9.17, 15) is 9.59 Å². The van der Waals surface area contributed by atoms with Gasteiger partial charge in [0.2, 0.25) is 0 Å². The molecule has 0 atom stereocenters. The van der Waals surface area contributed by atoms with Crippen LogP contribution in [-0.2, 0) is 14.3 Å². The van der Waals surface area contributed by atoms with E-state index in [2.05, 4.69) is 5.32 Å². The third kappa shape index (κ3) is 2.32. The molecule has 0 spiro atoms. The van der Waals surface area contributed by atoms with Crippen molar-refractivity contribution >= 4 is 11.9 Å². The molecule has 14 heavy (non-hydrogen) atoms. The van der Waals surface area contributed by atoms with Crippen LogP contribution in [0.1, 0.15) is 25.7 Å². The van der Waals surface area contributed by atoms with Crippen LogP contribution in [-0.4, -0.2) is 25.0 Å². The molecule has 4 nitrogen and oxygen atoms in total. The van der Waals surface area contributed by atoms with Crippen LogP contribution >= 0.6 is 0 Å². The van der Waals surface area contributed by atoms with E-state index >= 15 is 0 Å². The Bertz CT molecular complexity index is 242. The van der Waals surface area contributed by atoms with Gasteiger partial charge in [-0.3, -0.25) is 9.59 Å². The number of esters is 2. The summed E-state index contributed by atoms with van der Waals surface area (Å²) in [6.45, 7) is 1.69. The van der Waals surface area contributed by atoms with Crippen molar-refractivity contribution in [2.75, 3.05) is 13.1 Å². The first-order valence-corrected chi connectivity index (χ1v) is 5.23. The lowest BCUT2D eigenvalue weighted by Gasteiger charge is -2.20. The fraction of sp³-hybridized carbons (Fsp3) is 0.800. The normalized spacial score (nSPS) is 23.1. The van der Waals surface area contributed by atoms with Crippen molar-refractivity contribution in [1.29, 1.82) is 0 Å². The molecule has 2 fully saturated rings. The molecule has 0 bridgehead atoms. The van der Waals surface area contributed by atoms with Gasteiger partial charge in [-0.1, -0.05) is 0 Å². The van der Waals surface area contributed by atoms with Crippen LogP contribution < -0.4 is 5.32 Å². The van der Waals surface area contributed by atoms with E-state index in [1.165, 1.54) is 0 Å². The van der Waals surface area contributed by atoms with Gasteiger partial charge in [0, 0.05) is 0 Å². The molecule has 0 unspecified atom stereocenters. The van der Waals surface area contributed by atoms with Gasteiger partial charge in [0.1, 0.15) is 0 Å². The van der Waals surface area contributed by atoms with Crippen molar-refractivity contribution in [3.63, 3.8) is 0 Å². The highest BCUT2D eigenvalue weighted by molar-refractivity contribution is 5.88. The SMILES string of the molecule is O=C(OC(=O)C1CC1)C1CCNCC1. The summed E-state index contributed by atoms with van der Waals surface area (Å²) in [7, 11) is 0. The van der Waals surface area contributed by atoms with Crippen LogP contribution in [0.25, 0.3) is 0 Å². The zero-order valence-corrected chi connectivity index (χ0v) is 8.12. The number of carbonyl (C=O) groups is 2. The number of carbonyl (C=O) groups excluding carboxylic acids is 2. The summed E-state index contributed by atoms with van der Waals surface area (Å²) in [6, 6.07) is 0. The summed E-state index contributed by atoms with van der Waals surface area (Å²) >= 11 is 0. The van der Waals surface area contributed by atoms with E-state index in [1.807, 2.05) is 0 Å². The number of hydrogen-bond donors (Lipinski definition) is 1. The van der Waals surface area contributed by atoms with Crippen molar-refractivity contribution in [3.05, 3.63) is 0 Å². The number of ether oxygens (including phenoxy) is 1. The average molecular weight is 197 g/mol. The van der Waals surface area contributed by atoms with Crippen LogP contribution in [0, 0.1) is 11.8 Å². The summed E-state index contributed by atoms with van der Waals surface area (Å²) in [5.74, 6) is -0.684. The maximum Gasteiger partial charge on any atom is 0.316 e. The first-order valence-electron chi connectivity index (χ1n) is 5.23. The summed E-state index contributed by atoms with van der Waals surface area (Å²) in [6.07, 6.45) is 3.35. The highest BCUT2D eigenvalue weighted by Crippen LogP contribution is 2.30. The van der Waals surface area contributed by atoms with Gasteiger partial charge in [0.05, 0.1) is 11.8 Å². The lowest BCUT2D eigenvalue weighted by molar-refractivity contribution is -0.164. The zero-order valence-electron chi connectivity index (χ0n) is 8.12. The van der Waals surface area contributed by atoms with Crippen molar-refractivity contribution < 1.29 is 14.3 Å². The Kier molecular flexibility index (Phi) is 2.82. The molecule has 2 rings (SSSR count). The second-order valence-electron chi connectivity index (χ2n) is 4.04. The van der Waals surface area contributed by atoms with Gasteiger partial charge in [-0.05, 0) is 38.8 Å². The number of piperidine rings is 1. The quantitative estimate of drug-likeness (QED) is 0.516. The zero-order chi connectivity index (χ0) is 9.97. The van der Waals surface area contributed by atoms with Gasteiger partial charge in [-0.15, -0.1) is 0 Å². The molecule has 1 N–H and O–H groups in total. The Hall–Kier alpha value is -0.900. The molecule has 0 amide bonds. The Morgan fingerprint density at radius 3 is 1.93 bits per heavy atom. The van der Waals surface area contributed by atoms with Crippen LogP contribution in [0.15, 0.2) is 0 Å². The Balaban J connectivity index is 1.78. The van der Waals surface area contributed by atoms with E-state index in [4.69, 9.17) is 4.74 Å². The maximum atomic E-state index is 11.5. The summed E-state index contributed by atoms with van der Waals surface area (Å²) in [5, 5.41) is 3.17. The van der Waals surface area contributed by atoms with E-state index in [1.54, 1.807) is 0 Å². The van der Waals surface area contributed by atoms with Crippen molar-refractivity contribution in [2.24, 2.45) is 11.8 Å². The smallest absolute Gasteiger partial charge is 0.316 e. The van der Waals surface area contributed by atoms with Gasteiger partial charge in [-0.2, -0.15) is 0 Å². The minimum absolute atomic E-state index is 0.0145. The van der Waals surface area contributed by atoms with Gasteiger partial charge >= 0.3 is 11.9 Å². The van der Waals surface area contributed by atoms with Gasteiger partial charge < -0.3 is 10.1 Å². The molecule has 1 saturated carbocycles. The van der Waals surface area contributed by atoms with Crippen LogP contribution in [0.2, 0.25) is 0 Å². The predicted molar refractivity (Wildman–Crippen MR) is 49.4 cm³/mol. The molecular weight excluding hydrogens is 182 g/mol. The fourth-order valence-corrected chi connectivity index (χ4v) is 1.64. The molecule has 0 aromatic rings. The highest BCUT2D eigenvalue weighted by Gasteiger charge is 2.34. The maximum absolute atomic E-state index is 11.5. The monoisotopic (exact) mass is 197 g/mol. The van der Waals surface area contributed by atoms with Crippen LogP contribution in [0.3, 0.4) is 0 Å². The number of rotatable bonds is 2. The molecule has 0 radical (unpaired) electrons. The Labute approximate surface area is 83.0 Å². The van der Waals surface area contributed by atoms with Crippen molar-refractivity contribution in [3.8, 4) is 0 Å². The molecule has 1 aliphatic carbocycles. The molecule has 78 valence electrons. The topological polar surface area (TPSA) is 55.4 Å². The first kappa shape index (κ1) is 9.65. The molecule has 1 heterocycles. The molecule has 4 heteroatoms. The molecule has 1 aliphatic heterocycles. The van der Waals surface area contributed by atoms with Crippen LogP contribution in [0.5, 0.6) is 0 Å². The molecule has 1 saturated heterocycles. The Morgan fingerprint density at radius 2 is 1.43 bits per heavy atom. The third-order valence-electron chi connectivity index (χ3n) is 2.78. The minimum Gasteiger partial charge on any atom is -0.393 e. The van der Waals surface area contributed by atoms with Gasteiger partial charge in [0.15, 0.2) is 0 Å². The molecule has 2 aliphatic rings. The summed E-state index contributed by atoms with van der Waals surface area (Å²) < 4.78 is 4.81. The third-order valence-corrected chi connectivity index (χ3v) is 2.78. The minimum atomic E-state index is -0.316. The van der Waals surface area contributed by atoms with Crippen molar-refractivity contribution in [1.82, 2.24) is 5.32 Å². The lowest BCUT2D eigenvalue weighted by Crippen LogP contribution is -2.33. The van der Waals surface area contributed by atoms with Gasteiger partial charge in [0.25, 0.3) is 0 Å². The number of hydrogen-bond acceptors (Lipinski definition) is 4. The largest absolute Gasteiger partial charge is 0.393 e. The molecular formula is C10H15NO3. The molecule has 0 aromatic heterocycles. The van der Waals surface area contributed by atoms with Crippen LogP contribution in [0.4, 0.5) is 0 Å². The van der Waals surface area contributed by atoms with Gasteiger partial charge in [-0.25, -0.2) is 0 Å². The van der Waals surface area contributed by atoms with E-state index in [0.29, 0.717) is 0 Å². The first-order chi connectivity index (χ1) is 6.77. The molecule has 0 aromatic carbocycles. The fourth-order valence-electron chi connectivity index (χ4n) is 1.64. The lowest BCUT2D eigenvalue weighted by atomic mass is 9.98. The second kappa shape index (κ2) is 4.09. The van der Waals surface area contributed by atoms with Crippen molar-refractivity contribution in [2.45, 2.75) is 25.7 Å². The predicted octanol–water partition coefficient (Wildman–Crippen LogP) is 0.466. The highest BCUT2D eigenvalue weighted by atomic mass is 16.6. The second-order valence-corrected chi connectivity index (χ2v) is 4.04. The summed E-state index contributed by atoms with van der Waals surface area (Å²) in [5.41, 5.74) is 0. The van der Waals surface area contributed by atoms with E-state index < -0.39 is 0 Å². The van der Waals surface area contributed by atoms with E-state index in [0.717, 1.165) is 38.8 Å². The summed E-state index contributed by atoms with van der Waals surface area (Å²) in [4.78, 5) is 22.7. The number of nitrogens with one attached hydrogen (secondary N) is 1. The Morgan fingerprint density at radius 1 is 0.929 bits per heavy atom. The standard InChI is InChI=1S/C10H15NO3/c12-9(7-1-2-7)14-10(13)8-3-5-11-6-4-8/h7-8,11H,1-6H2. The average Bonchev–Trinajstić information content (AvgIpc) is 3.02. The van der Waals surface area contributed by atoms with E-state index in [-0.39, 0.29) is 23.8 Å².